The maximum absolute atomic E-state index is 10.5. The van der Waals surface area contributed by atoms with Gasteiger partial charge >= 0.3 is 11.9 Å². The van der Waals surface area contributed by atoms with Crippen molar-refractivity contribution in [1.82, 2.24) is 0 Å². The summed E-state index contributed by atoms with van der Waals surface area (Å²) in [5.41, 5.74) is -0.477. The lowest BCUT2D eigenvalue weighted by Crippen LogP contribution is -2.18. The number of aliphatic hydroxyl groups is 1. The molecule has 13 heavy (non-hydrogen) atoms. The molecule has 0 aromatic heterocycles. The molecule has 0 aliphatic rings. The Kier molecular flexibility index (Phi) is 4.76. The molecule has 0 saturated carbocycles. The first-order valence-corrected chi connectivity index (χ1v) is 3.85. The highest BCUT2D eigenvalue weighted by Crippen LogP contribution is 2.08. The second-order valence-corrected chi connectivity index (χ2v) is 2.55. The van der Waals surface area contributed by atoms with Crippen LogP contribution in [0.2, 0.25) is 0 Å². The lowest BCUT2D eigenvalue weighted by molar-refractivity contribution is -0.136. The Morgan fingerprint density at radius 3 is 2.23 bits per heavy atom. The van der Waals surface area contributed by atoms with Gasteiger partial charge in [-0.25, -0.2) is 9.59 Å². The molecule has 74 valence electrons. The number of carboxylic acids is 2. The summed E-state index contributed by atoms with van der Waals surface area (Å²) < 4.78 is 0. The molecule has 0 bridgehead atoms. The molecule has 0 aliphatic carbocycles. The van der Waals surface area contributed by atoms with Crippen LogP contribution in [0.1, 0.15) is 19.8 Å². The van der Waals surface area contributed by atoms with Gasteiger partial charge in [0.15, 0.2) is 0 Å². The van der Waals surface area contributed by atoms with Crippen molar-refractivity contribution in [3.8, 4) is 0 Å². The van der Waals surface area contributed by atoms with Gasteiger partial charge in [0.25, 0.3) is 0 Å². The summed E-state index contributed by atoms with van der Waals surface area (Å²) in [6.07, 6.45) is 0.137. The van der Waals surface area contributed by atoms with Crippen molar-refractivity contribution in [3.05, 3.63) is 11.6 Å². The summed E-state index contributed by atoms with van der Waals surface area (Å²) in [4.78, 5) is 20.6. The minimum absolute atomic E-state index is 0.241. The molecule has 0 fully saturated rings. The summed E-state index contributed by atoms with van der Waals surface area (Å²) >= 11 is 0. The number of aliphatic carboxylic acids is 2. The Morgan fingerprint density at radius 1 is 1.38 bits per heavy atom. The number of carboxylic acid groups (broad SMARTS) is 2. The predicted molar refractivity (Wildman–Crippen MR) is 44.3 cm³/mol. The molecule has 5 nitrogen and oxygen atoms in total. The van der Waals surface area contributed by atoms with Gasteiger partial charge in [-0.3, -0.25) is 0 Å². The molecule has 0 spiro atoms. The summed E-state index contributed by atoms with van der Waals surface area (Å²) in [7, 11) is 0. The van der Waals surface area contributed by atoms with Gasteiger partial charge in [0.1, 0.15) is 0 Å². The van der Waals surface area contributed by atoms with Gasteiger partial charge in [-0.15, -0.1) is 0 Å². The number of hydrogen-bond donors (Lipinski definition) is 3. The minimum atomic E-state index is -1.40. The molecule has 0 heterocycles. The topological polar surface area (TPSA) is 94.8 Å². The van der Waals surface area contributed by atoms with E-state index >= 15 is 0 Å². The molecule has 0 aromatic rings. The van der Waals surface area contributed by atoms with E-state index in [2.05, 4.69) is 0 Å². The Labute approximate surface area is 75.3 Å². The van der Waals surface area contributed by atoms with E-state index in [0.717, 1.165) is 0 Å². The molecule has 1 unspecified atom stereocenters. The third kappa shape index (κ3) is 4.27. The first-order chi connectivity index (χ1) is 5.99. The van der Waals surface area contributed by atoms with E-state index in [-0.39, 0.29) is 6.42 Å². The maximum Gasteiger partial charge on any atom is 0.334 e. The second-order valence-electron chi connectivity index (χ2n) is 2.55. The average molecular weight is 188 g/mol. The molecule has 0 amide bonds. The average Bonchev–Trinajstić information content (AvgIpc) is 1.99. The molecule has 0 aliphatic heterocycles. The molecule has 1 atom stereocenters. The quantitative estimate of drug-likeness (QED) is 0.537. The smallest absolute Gasteiger partial charge is 0.334 e. The van der Waals surface area contributed by atoms with Crippen molar-refractivity contribution < 1.29 is 24.9 Å². The van der Waals surface area contributed by atoms with Crippen LogP contribution < -0.4 is 0 Å². The van der Waals surface area contributed by atoms with Gasteiger partial charge in [-0.1, -0.05) is 13.3 Å². The summed E-state index contributed by atoms with van der Waals surface area (Å²) in [5.74, 6) is -2.77. The molecule has 0 rings (SSSR count). The van der Waals surface area contributed by atoms with Crippen LogP contribution in [0.4, 0.5) is 0 Å². The van der Waals surface area contributed by atoms with Crippen LogP contribution in [0, 0.1) is 0 Å². The zero-order chi connectivity index (χ0) is 10.4. The molecule has 5 heteroatoms. The first-order valence-electron chi connectivity index (χ1n) is 3.85. The van der Waals surface area contributed by atoms with Gasteiger partial charge in [0.2, 0.25) is 0 Å². The Balaban J connectivity index is 4.60. The van der Waals surface area contributed by atoms with Gasteiger partial charge in [0.05, 0.1) is 11.7 Å². The highest BCUT2D eigenvalue weighted by molar-refractivity contribution is 5.95. The Bertz CT molecular complexity index is 231. The van der Waals surface area contributed by atoms with E-state index < -0.39 is 23.6 Å². The number of hydrogen-bond acceptors (Lipinski definition) is 3. The van der Waals surface area contributed by atoms with Gasteiger partial charge in [-0.2, -0.15) is 0 Å². The first kappa shape index (κ1) is 11.6. The standard InChI is InChI=1S/C8H12O5/c1-2-3-6(9)5(8(12)13)4-7(10)11/h4,6,9H,2-3H2,1H3,(H,10,11)(H,12,13). The Hall–Kier alpha value is -1.36. The summed E-state index contributed by atoms with van der Waals surface area (Å²) in [6.45, 7) is 1.77. The van der Waals surface area contributed by atoms with E-state index in [0.29, 0.717) is 12.5 Å². The number of carbonyl (C=O) groups is 2. The van der Waals surface area contributed by atoms with E-state index in [9.17, 15) is 14.7 Å². The van der Waals surface area contributed by atoms with Crippen LogP contribution in [-0.4, -0.2) is 33.4 Å². The van der Waals surface area contributed by atoms with Gasteiger partial charge < -0.3 is 15.3 Å². The van der Waals surface area contributed by atoms with Crippen molar-refractivity contribution >= 4 is 11.9 Å². The molecule has 0 saturated heterocycles. The van der Waals surface area contributed by atoms with Gasteiger partial charge in [0, 0.05) is 6.08 Å². The monoisotopic (exact) mass is 188 g/mol. The predicted octanol–water partition coefficient (Wildman–Crippen LogP) is 0.243. The largest absolute Gasteiger partial charge is 0.478 e. The molecular formula is C8H12O5. The van der Waals surface area contributed by atoms with Crippen molar-refractivity contribution in [2.75, 3.05) is 0 Å². The molecule has 3 N–H and O–H groups in total. The lowest BCUT2D eigenvalue weighted by Gasteiger charge is -2.08. The van der Waals surface area contributed by atoms with Crippen molar-refractivity contribution in [3.63, 3.8) is 0 Å². The number of rotatable bonds is 5. The summed E-state index contributed by atoms with van der Waals surface area (Å²) in [6, 6.07) is 0. The third-order valence-corrected chi connectivity index (χ3v) is 1.45. The molecule has 0 radical (unpaired) electrons. The fourth-order valence-corrected chi connectivity index (χ4v) is 0.862. The van der Waals surface area contributed by atoms with Crippen LogP contribution >= 0.6 is 0 Å². The van der Waals surface area contributed by atoms with E-state index in [1.165, 1.54) is 0 Å². The van der Waals surface area contributed by atoms with Crippen LogP contribution in [0.5, 0.6) is 0 Å². The van der Waals surface area contributed by atoms with Gasteiger partial charge in [-0.05, 0) is 6.42 Å². The zero-order valence-corrected chi connectivity index (χ0v) is 7.23. The second kappa shape index (κ2) is 5.31. The normalized spacial score (nSPS) is 13.8. The van der Waals surface area contributed by atoms with Crippen molar-refractivity contribution in [1.29, 1.82) is 0 Å². The number of aliphatic hydroxyl groups excluding tert-OH is 1. The molecular weight excluding hydrogens is 176 g/mol. The maximum atomic E-state index is 10.5. The van der Waals surface area contributed by atoms with Crippen LogP contribution in [0.15, 0.2) is 11.6 Å². The van der Waals surface area contributed by atoms with E-state index in [1.54, 1.807) is 6.92 Å². The van der Waals surface area contributed by atoms with Crippen LogP contribution in [-0.2, 0) is 9.59 Å². The van der Waals surface area contributed by atoms with Crippen LogP contribution in [0.25, 0.3) is 0 Å². The van der Waals surface area contributed by atoms with Crippen molar-refractivity contribution in [2.24, 2.45) is 0 Å². The van der Waals surface area contributed by atoms with E-state index in [1.807, 2.05) is 0 Å². The van der Waals surface area contributed by atoms with Crippen molar-refractivity contribution in [2.45, 2.75) is 25.9 Å². The highest BCUT2D eigenvalue weighted by atomic mass is 16.4. The lowest BCUT2D eigenvalue weighted by atomic mass is 10.1. The SMILES string of the molecule is CCCC(O)C(=CC(=O)O)C(=O)O. The fraction of sp³-hybridized carbons (Fsp3) is 0.500. The fourth-order valence-electron chi connectivity index (χ4n) is 0.862. The molecule has 0 aromatic carbocycles. The Morgan fingerprint density at radius 2 is 1.92 bits per heavy atom. The zero-order valence-electron chi connectivity index (χ0n) is 7.23. The van der Waals surface area contributed by atoms with E-state index in [4.69, 9.17) is 10.2 Å². The summed E-state index contributed by atoms with van der Waals surface area (Å²) in [5, 5.41) is 26.0. The van der Waals surface area contributed by atoms with Crippen LogP contribution in [0.3, 0.4) is 0 Å². The minimum Gasteiger partial charge on any atom is -0.478 e. The third-order valence-electron chi connectivity index (χ3n) is 1.45. The highest BCUT2D eigenvalue weighted by Gasteiger charge is 2.18.